The summed E-state index contributed by atoms with van der Waals surface area (Å²) in [6.07, 6.45) is 0.654. The maximum atomic E-state index is 14.6. The fourth-order valence-electron chi connectivity index (χ4n) is 4.00. The number of ether oxygens (including phenoxy) is 1. The minimum absolute atomic E-state index is 0.147. The van der Waals surface area contributed by atoms with Crippen molar-refractivity contribution in [2.24, 2.45) is 0 Å². The van der Waals surface area contributed by atoms with Gasteiger partial charge < -0.3 is 15.0 Å². The van der Waals surface area contributed by atoms with E-state index in [-0.39, 0.29) is 28.7 Å². The molecular formula is C30H35F2N3O5S. The molecule has 0 aromatic heterocycles. The highest BCUT2D eigenvalue weighted by Gasteiger charge is 2.33. The van der Waals surface area contributed by atoms with Crippen LogP contribution < -0.4 is 14.4 Å². The van der Waals surface area contributed by atoms with Crippen molar-refractivity contribution in [1.82, 2.24) is 10.2 Å². The van der Waals surface area contributed by atoms with Crippen molar-refractivity contribution in [1.29, 1.82) is 0 Å². The summed E-state index contributed by atoms with van der Waals surface area (Å²) in [5.41, 5.74) is 0.312. The fraction of sp³-hybridized carbons (Fsp3) is 0.333. The van der Waals surface area contributed by atoms with E-state index < -0.39 is 46.1 Å². The first-order chi connectivity index (χ1) is 19.5. The Hall–Kier alpha value is -3.99. The highest BCUT2D eigenvalue weighted by Crippen LogP contribution is 2.27. The van der Waals surface area contributed by atoms with Crippen LogP contribution in [0.15, 0.2) is 77.7 Å². The Labute approximate surface area is 240 Å². The molecule has 11 heteroatoms. The summed E-state index contributed by atoms with van der Waals surface area (Å²) >= 11 is 0. The number of carbonyl (C=O) groups excluding carboxylic acids is 2. The second-order valence-electron chi connectivity index (χ2n) is 9.50. The van der Waals surface area contributed by atoms with Gasteiger partial charge in [0.2, 0.25) is 11.8 Å². The van der Waals surface area contributed by atoms with Crippen LogP contribution in [-0.4, -0.2) is 50.4 Å². The third-order valence-electron chi connectivity index (χ3n) is 6.58. The molecule has 0 fully saturated rings. The van der Waals surface area contributed by atoms with Gasteiger partial charge in [0.05, 0.1) is 17.2 Å². The van der Waals surface area contributed by atoms with Crippen LogP contribution in [0.25, 0.3) is 0 Å². The monoisotopic (exact) mass is 587 g/mol. The number of nitrogens with zero attached hydrogens (tertiary/aromatic N) is 2. The molecule has 0 spiro atoms. The minimum atomic E-state index is -4.37. The minimum Gasteiger partial charge on any atom is -0.494 e. The molecule has 3 aromatic rings. The van der Waals surface area contributed by atoms with Gasteiger partial charge in [-0.15, -0.1) is 0 Å². The number of nitrogens with one attached hydrogen (secondary N) is 1. The molecule has 1 N–H and O–H groups in total. The van der Waals surface area contributed by atoms with Crippen molar-refractivity contribution in [3.8, 4) is 5.75 Å². The molecule has 0 heterocycles. The number of amides is 2. The van der Waals surface area contributed by atoms with Crippen LogP contribution in [0.1, 0.15) is 39.7 Å². The van der Waals surface area contributed by atoms with E-state index in [0.29, 0.717) is 18.8 Å². The quantitative estimate of drug-likeness (QED) is 0.307. The first-order valence-electron chi connectivity index (χ1n) is 13.3. The first kappa shape index (κ1) is 31.5. The molecule has 3 rings (SSSR count). The number of benzene rings is 3. The van der Waals surface area contributed by atoms with Gasteiger partial charge >= 0.3 is 0 Å². The van der Waals surface area contributed by atoms with Gasteiger partial charge in [0.1, 0.15) is 30.0 Å². The van der Waals surface area contributed by atoms with Crippen molar-refractivity contribution in [2.75, 3.05) is 17.5 Å². The van der Waals surface area contributed by atoms with Gasteiger partial charge in [0.25, 0.3) is 10.0 Å². The van der Waals surface area contributed by atoms with Crippen LogP contribution in [0.4, 0.5) is 14.5 Å². The average molecular weight is 588 g/mol. The lowest BCUT2D eigenvalue weighted by Crippen LogP contribution is -2.52. The topological polar surface area (TPSA) is 96.0 Å². The van der Waals surface area contributed by atoms with E-state index >= 15 is 0 Å². The Morgan fingerprint density at radius 3 is 2.15 bits per heavy atom. The molecule has 2 amide bonds. The largest absolute Gasteiger partial charge is 0.494 e. The van der Waals surface area contributed by atoms with Gasteiger partial charge in [0, 0.05) is 18.2 Å². The van der Waals surface area contributed by atoms with Crippen molar-refractivity contribution in [3.05, 3.63) is 90.0 Å². The van der Waals surface area contributed by atoms with Crippen LogP contribution in [0, 0.1) is 11.6 Å². The number of anilines is 1. The molecule has 0 unspecified atom stereocenters. The SMILES string of the molecule is CCOc1ccc(N(CC(=O)N(Cc2ccccc2F)[C@@H](C)C(=O)N[C@@H](C)CC)S(=O)(=O)c2ccc(F)cc2)cc1. The van der Waals surface area contributed by atoms with Crippen LogP contribution >= 0.6 is 0 Å². The van der Waals surface area contributed by atoms with Crippen LogP contribution in [0.5, 0.6) is 5.75 Å². The Balaban J connectivity index is 2.04. The van der Waals surface area contributed by atoms with Gasteiger partial charge in [-0.05, 0) is 81.8 Å². The summed E-state index contributed by atoms with van der Waals surface area (Å²) in [6.45, 7) is 6.45. The molecule has 0 aliphatic rings. The lowest BCUT2D eigenvalue weighted by atomic mass is 10.1. The zero-order chi connectivity index (χ0) is 30.2. The Bertz CT molecular complexity index is 1430. The van der Waals surface area contributed by atoms with E-state index in [2.05, 4.69) is 5.32 Å². The number of hydrogen-bond acceptors (Lipinski definition) is 5. The summed E-state index contributed by atoms with van der Waals surface area (Å²) < 4.78 is 62.1. The zero-order valence-corrected chi connectivity index (χ0v) is 24.3. The average Bonchev–Trinajstić information content (AvgIpc) is 2.95. The third kappa shape index (κ3) is 8.03. The van der Waals surface area contributed by atoms with E-state index in [9.17, 15) is 26.8 Å². The smallest absolute Gasteiger partial charge is 0.264 e. The van der Waals surface area contributed by atoms with Crippen LogP contribution in [0.2, 0.25) is 0 Å². The van der Waals surface area contributed by atoms with Crippen molar-refractivity contribution in [2.45, 2.75) is 57.6 Å². The Kier molecular flexibility index (Phi) is 10.8. The lowest BCUT2D eigenvalue weighted by Gasteiger charge is -2.32. The highest BCUT2D eigenvalue weighted by molar-refractivity contribution is 7.92. The molecule has 2 atom stereocenters. The molecule has 0 aliphatic carbocycles. The molecule has 0 aliphatic heterocycles. The lowest BCUT2D eigenvalue weighted by molar-refractivity contribution is -0.139. The van der Waals surface area contributed by atoms with Crippen molar-refractivity contribution >= 4 is 27.5 Å². The molecule has 3 aromatic carbocycles. The molecule has 0 bridgehead atoms. The molecule has 0 radical (unpaired) electrons. The van der Waals surface area contributed by atoms with Crippen molar-refractivity contribution in [3.63, 3.8) is 0 Å². The summed E-state index contributed by atoms with van der Waals surface area (Å²) in [4.78, 5) is 27.9. The predicted molar refractivity (Wildman–Crippen MR) is 153 cm³/mol. The first-order valence-corrected chi connectivity index (χ1v) is 14.8. The van der Waals surface area contributed by atoms with E-state index in [1.807, 2.05) is 13.8 Å². The number of rotatable bonds is 13. The van der Waals surface area contributed by atoms with Gasteiger partial charge in [-0.3, -0.25) is 13.9 Å². The summed E-state index contributed by atoms with van der Waals surface area (Å²) in [5.74, 6) is -1.89. The van der Waals surface area contributed by atoms with Crippen molar-refractivity contribution < 1.29 is 31.5 Å². The molecule has 41 heavy (non-hydrogen) atoms. The zero-order valence-electron chi connectivity index (χ0n) is 23.5. The molecule has 0 saturated heterocycles. The van der Waals surface area contributed by atoms with Crippen LogP contribution in [-0.2, 0) is 26.2 Å². The number of hydrogen-bond donors (Lipinski definition) is 1. The molecular weight excluding hydrogens is 552 g/mol. The van der Waals surface area contributed by atoms with E-state index in [4.69, 9.17) is 4.74 Å². The Morgan fingerprint density at radius 1 is 0.927 bits per heavy atom. The fourth-order valence-corrected chi connectivity index (χ4v) is 5.41. The number of halogens is 2. The van der Waals surface area contributed by atoms with E-state index in [1.54, 1.807) is 25.1 Å². The third-order valence-corrected chi connectivity index (χ3v) is 8.37. The molecule has 0 saturated carbocycles. The second-order valence-corrected chi connectivity index (χ2v) is 11.4. The Morgan fingerprint density at radius 2 is 1.56 bits per heavy atom. The standard InChI is InChI=1S/C30H35F2N3O5S/c1-5-21(3)33-30(37)22(4)34(19-23-9-7-8-10-28(23)32)29(36)20-35(25-13-15-26(16-14-25)40-6-2)41(38,39)27-17-11-24(31)12-18-27/h7-18,21-22H,5-6,19-20H2,1-4H3,(H,33,37)/t21-,22-/m0/s1. The van der Waals surface area contributed by atoms with Gasteiger partial charge in [0.15, 0.2) is 0 Å². The summed E-state index contributed by atoms with van der Waals surface area (Å²) in [6, 6.07) is 15.0. The van der Waals surface area contributed by atoms with Gasteiger partial charge in [-0.25, -0.2) is 17.2 Å². The molecule has 220 valence electrons. The normalized spacial score (nSPS) is 12.7. The summed E-state index contributed by atoms with van der Waals surface area (Å²) in [7, 11) is -4.37. The predicted octanol–water partition coefficient (Wildman–Crippen LogP) is 4.89. The number of sulfonamides is 1. The maximum Gasteiger partial charge on any atom is 0.264 e. The van der Waals surface area contributed by atoms with E-state index in [0.717, 1.165) is 33.5 Å². The number of carbonyl (C=O) groups is 2. The maximum absolute atomic E-state index is 14.6. The molecule has 8 nitrogen and oxygen atoms in total. The second kappa shape index (κ2) is 14.1. The van der Waals surface area contributed by atoms with Gasteiger partial charge in [-0.2, -0.15) is 0 Å². The van der Waals surface area contributed by atoms with Gasteiger partial charge in [-0.1, -0.05) is 25.1 Å². The van der Waals surface area contributed by atoms with Crippen LogP contribution in [0.3, 0.4) is 0 Å². The summed E-state index contributed by atoms with van der Waals surface area (Å²) in [5, 5.41) is 2.82. The van der Waals surface area contributed by atoms with E-state index in [1.165, 1.54) is 37.3 Å². The highest BCUT2D eigenvalue weighted by atomic mass is 32.2.